The van der Waals surface area contributed by atoms with E-state index in [1.54, 1.807) is 10.6 Å². The van der Waals surface area contributed by atoms with E-state index in [-0.39, 0.29) is 11.6 Å². The van der Waals surface area contributed by atoms with Crippen LogP contribution in [-0.2, 0) is 0 Å². The van der Waals surface area contributed by atoms with Crippen LogP contribution in [0.15, 0.2) is 35.1 Å². The van der Waals surface area contributed by atoms with Crippen LogP contribution in [-0.4, -0.2) is 21.9 Å². The van der Waals surface area contributed by atoms with Gasteiger partial charge >= 0.3 is 0 Å². The van der Waals surface area contributed by atoms with E-state index in [0.717, 1.165) is 16.6 Å². The maximum atomic E-state index is 13.0. The lowest BCUT2D eigenvalue weighted by Crippen LogP contribution is -2.26. The molecule has 2 aromatic heterocycles. The van der Waals surface area contributed by atoms with Gasteiger partial charge in [0.1, 0.15) is 5.82 Å². The molecule has 0 bridgehead atoms. The maximum Gasteiger partial charge on any atom is 0.264 e. The van der Waals surface area contributed by atoms with Gasteiger partial charge in [-0.15, -0.1) is 5.10 Å². The zero-order valence-electron chi connectivity index (χ0n) is 12.8. The van der Waals surface area contributed by atoms with Gasteiger partial charge in [0, 0.05) is 17.8 Å². The number of pyridine rings is 1. The lowest BCUT2D eigenvalue weighted by molar-refractivity contribution is 0.397. The van der Waals surface area contributed by atoms with Crippen LogP contribution < -0.4 is 16.0 Å². The van der Waals surface area contributed by atoms with Crippen molar-refractivity contribution >= 4 is 10.8 Å². The van der Waals surface area contributed by atoms with Gasteiger partial charge in [-0.2, -0.15) is 0 Å². The summed E-state index contributed by atoms with van der Waals surface area (Å²) in [6, 6.07) is 9.11. The van der Waals surface area contributed by atoms with Gasteiger partial charge in [-0.25, -0.2) is 0 Å². The first-order chi connectivity index (χ1) is 10.5. The van der Waals surface area contributed by atoms with Crippen LogP contribution in [0.2, 0.25) is 0 Å². The number of nitrogens with zero attached hydrogens (tertiary/aromatic N) is 2. The number of rotatable bonds is 3. The van der Waals surface area contributed by atoms with Crippen molar-refractivity contribution < 1.29 is 4.74 Å². The highest BCUT2D eigenvalue weighted by atomic mass is 16.5. The van der Waals surface area contributed by atoms with E-state index in [4.69, 9.17) is 10.5 Å². The molecule has 3 aromatic rings. The lowest BCUT2D eigenvalue weighted by Gasteiger charge is -2.16. The number of aromatic amines is 1. The van der Waals surface area contributed by atoms with E-state index in [2.05, 4.69) is 10.2 Å². The Labute approximate surface area is 127 Å². The van der Waals surface area contributed by atoms with Crippen molar-refractivity contribution in [1.82, 2.24) is 14.8 Å². The predicted octanol–water partition coefficient (Wildman–Crippen LogP) is 2.05. The summed E-state index contributed by atoms with van der Waals surface area (Å²) >= 11 is 0. The Morgan fingerprint density at radius 3 is 2.77 bits per heavy atom. The average Bonchev–Trinajstić information content (AvgIpc) is 2.95. The highest BCUT2D eigenvalue weighted by molar-refractivity contribution is 5.85. The number of aryl methyl sites for hydroxylation is 1. The molecule has 114 valence electrons. The zero-order chi connectivity index (χ0) is 15.9. The van der Waals surface area contributed by atoms with Gasteiger partial charge in [0.2, 0.25) is 5.88 Å². The normalized spacial score (nSPS) is 12.5. The molecule has 0 aliphatic rings. The van der Waals surface area contributed by atoms with Gasteiger partial charge in [-0.05, 0) is 30.9 Å². The molecular weight excluding hydrogens is 280 g/mol. The molecule has 6 nitrogen and oxygen atoms in total. The minimum Gasteiger partial charge on any atom is -0.480 e. The number of methoxy groups -OCH3 is 1. The molecule has 0 aliphatic carbocycles. The second-order valence-electron chi connectivity index (χ2n) is 5.33. The Kier molecular flexibility index (Phi) is 3.46. The molecular formula is C16H18N4O2. The number of ether oxygens (including phenoxy) is 1. The Balaban J connectivity index is 2.40. The molecule has 22 heavy (non-hydrogen) atoms. The molecule has 0 fully saturated rings. The summed E-state index contributed by atoms with van der Waals surface area (Å²) < 4.78 is 6.64. The van der Waals surface area contributed by atoms with Gasteiger partial charge < -0.3 is 10.5 Å². The van der Waals surface area contributed by atoms with Crippen LogP contribution in [0.5, 0.6) is 5.88 Å². The van der Waals surface area contributed by atoms with Crippen molar-refractivity contribution in [2.45, 2.75) is 19.9 Å². The second kappa shape index (κ2) is 5.31. The molecule has 0 saturated heterocycles. The van der Waals surface area contributed by atoms with Crippen LogP contribution in [0, 0.1) is 6.92 Å². The number of benzene rings is 1. The number of H-pyrrole nitrogens is 1. The first-order valence-corrected chi connectivity index (χ1v) is 7.03. The quantitative estimate of drug-likeness (QED) is 0.775. The monoisotopic (exact) mass is 298 g/mol. The average molecular weight is 298 g/mol. The third-order valence-electron chi connectivity index (χ3n) is 3.74. The third-order valence-corrected chi connectivity index (χ3v) is 3.74. The lowest BCUT2D eigenvalue weighted by atomic mass is 10.0. The summed E-state index contributed by atoms with van der Waals surface area (Å²) in [6.45, 7) is 3.77. The van der Waals surface area contributed by atoms with Gasteiger partial charge in [-0.1, -0.05) is 18.2 Å². The summed E-state index contributed by atoms with van der Waals surface area (Å²) in [5.74, 6) is 0.960. The minimum atomic E-state index is -0.299. The number of hydrogen-bond donors (Lipinski definition) is 2. The Morgan fingerprint density at radius 2 is 2.14 bits per heavy atom. The van der Waals surface area contributed by atoms with Gasteiger partial charge in [0.05, 0.1) is 12.5 Å². The Bertz CT molecular complexity index is 893. The summed E-state index contributed by atoms with van der Waals surface area (Å²) in [5, 5.41) is 8.40. The number of fused-ring (bicyclic) bond motifs is 1. The zero-order valence-corrected chi connectivity index (χ0v) is 12.8. The smallest absolute Gasteiger partial charge is 0.264 e. The van der Waals surface area contributed by atoms with Crippen molar-refractivity contribution in [2.75, 3.05) is 7.11 Å². The van der Waals surface area contributed by atoms with Crippen LogP contribution >= 0.6 is 0 Å². The van der Waals surface area contributed by atoms with Crippen molar-refractivity contribution in [2.24, 2.45) is 5.73 Å². The molecule has 0 spiro atoms. The topological polar surface area (TPSA) is 85.9 Å². The number of nitrogens with one attached hydrogen (secondary N) is 1. The Hall–Kier alpha value is -2.60. The van der Waals surface area contributed by atoms with Crippen LogP contribution in [0.3, 0.4) is 0 Å². The summed E-state index contributed by atoms with van der Waals surface area (Å²) in [7, 11) is 1.53. The van der Waals surface area contributed by atoms with E-state index in [1.165, 1.54) is 7.11 Å². The molecule has 3 N–H and O–H groups in total. The van der Waals surface area contributed by atoms with E-state index in [0.29, 0.717) is 17.1 Å². The fraction of sp³-hybridized carbons (Fsp3) is 0.250. The molecule has 0 unspecified atom stereocenters. The first-order valence-electron chi connectivity index (χ1n) is 7.03. The fourth-order valence-corrected chi connectivity index (χ4v) is 2.65. The summed E-state index contributed by atoms with van der Waals surface area (Å²) in [5.41, 5.74) is 7.59. The fourth-order valence-electron chi connectivity index (χ4n) is 2.65. The number of aromatic nitrogens is 3. The van der Waals surface area contributed by atoms with Crippen molar-refractivity contribution in [3.05, 3.63) is 51.9 Å². The maximum absolute atomic E-state index is 13.0. The largest absolute Gasteiger partial charge is 0.480 e. The molecule has 0 amide bonds. The second-order valence-corrected chi connectivity index (χ2v) is 5.33. The van der Waals surface area contributed by atoms with Gasteiger partial charge in [-0.3, -0.25) is 14.5 Å². The minimum absolute atomic E-state index is 0.116. The standard InChI is InChI=1S/C16H18N4O2/c1-9-5-4-6-11-7-12(10(2)17)20(16(21)15(9)11)13-8-14(22-3)19-18-13/h4-8,10H,17H2,1-3H3,(H,18,19)/t10-/m0/s1. The van der Waals surface area contributed by atoms with E-state index in [9.17, 15) is 4.79 Å². The SMILES string of the molecule is COc1cc(-n2c([C@H](C)N)cc3cccc(C)c3c2=O)[nH]n1. The highest BCUT2D eigenvalue weighted by Crippen LogP contribution is 2.22. The van der Waals surface area contributed by atoms with E-state index < -0.39 is 0 Å². The van der Waals surface area contributed by atoms with Crippen molar-refractivity contribution in [3.63, 3.8) is 0 Å². The molecule has 0 radical (unpaired) electrons. The van der Waals surface area contributed by atoms with E-state index in [1.807, 2.05) is 38.1 Å². The third kappa shape index (κ3) is 2.17. The number of hydrogen-bond acceptors (Lipinski definition) is 4. The molecule has 1 atom stereocenters. The number of nitrogens with two attached hydrogens (primary N) is 1. The van der Waals surface area contributed by atoms with Crippen molar-refractivity contribution in [3.8, 4) is 11.7 Å². The van der Waals surface area contributed by atoms with Crippen LogP contribution in [0.25, 0.3) is 16.6 Å². The molecule has 2 heterocycles. The van der Waals surface area contributed by atoms with Gasteiger partial charge in [0.15, 0.2) is 0 Å². The van der Waals surface area contributed by atoms with E-state index >= 15 is 0 Å². The molecule has 1 aromatic carbocycles. The van der Waals surface area contributed by atoms with Crippen molar-refractivity contribution in [1.29, 1.82) is 0 Å². The molecule has 0 saturated carbocycles. The highest BCUT2D eigenvalue weighted by Gasteiger charge is 2.16. The molecule has 3 rings (SSSR count). The van der Waals surface area contributed by atoms with Crippen LogP contribution in [0.4, 0.5) is 0 Å². The first kappa shape index (κ1) is 14.3. The van der Waals surface area contributed by atoms with Gasteiger partial charge in [0.25, 0.3) is 5.56 Å². The summed E-state index contributed by atoms with van der Waals surface area (Å²) in [6.07, 6.45) is 0. The predicted molar refractivity (Wildman–Crippen MR) is 85.6 cm³/mol. The molecule has 6 heteroatoms. The van der Waals surface area contributed by atoms with Crippen LogP contribution in [0.1, 0.15) is 24.2 Å². The molecule has 0 aliphatic heterocycles. The summed E-state index contributed by atoms with van der Waals surface area (Å²) in [4.78, 5) is 13.0. The Morgan fingerprint density at radius 1 is 1.36 bits per heavy atom.